The van der Waals surface area contributed by atoms with Crippen LogP contribution in [0.4, 0.5) is 35.1 Å². The number of pyridine rings is 1. The monoisotopic (exact) mass is 939 g/mol. The zero-order valence-electron chi connectivity index (χ0n) is 31.1. The Bertz CT molecular complexity index is 1980. The van der Waals surface area contributed by atoms with Crippen LogP contribution in [-0.4, -0.2) is 27.7 Å². The maximum Gasteiger partial charge on any atom is 0.382 e. The summed E-state index contributed by atoms with van der Waals surface area (Å²) >= 11 is 0. The van der Waals surface area contributed by atoms with E-state index in [2.05, 4.69) is 11.1 Å². The summed E-state index contributed by atoms with van der Waals surface area (Å²) in [5.74, 6) is -23.1. The summed E-state index contributed by atoms with van der Waals surface area (Å²) < 4.78 is 114. The molecule has 3 nitrogen and oxygen atoms in total. The van der Waals surface area contributed by atoms with Crippen molar-refractivity contribution in [3.63, 3.8) is 0 Å². The molecule has 295 valence electrons. The first-order chi connectivity index (χ1) is 24.6. The third-order valence-electron chi connectivity index (χ3n) is 9.91. The Balaban J connectivity index is 0.000000418. The Morgan fingerprint density at radius 3 is 1.85 bits per heavy atom. The van der Waals surface area contributed by atoms with Crippen LogP contribution in [-0.2, 0) is 42.2 Å². The molecule has 0 atom stereocenters. The number of aliphatic hydroxyl groups excluding tert-OH is 1. The van der Waals surface area contributed by atoms with Crippen molar-refractivity contribution in [1.82, 2.24) is 4.98 Å². The quantitative estimate of drug-likeness (QED) is 0.0787. The van der Waals surface area contributed by atoms with Gasteiger partial charge in [-0.2, -0.15) is 35.1 Å². The maximum atomic E-state index is 14.6. The van der Waals surface area contributed by atoms with Crippen molar-refractivity contribution in [2.24, 2.45) is 11.8 Å². The number of hydrogen-bond acceptors (Lipinski definition) is 3. The number of fused-ring (bicyclic) bond motifs is 2. The number of benzene rings is 3. The van der Waals surface area contributed by atoms with Gasteiger partial charge in [0.05, 0.1) is 5.76 Å². The van der Waals surface area contributed by atoms with E-state index in [-0.39, 0.29) is 60.0 Å². The topological polar surface area (TPSA) is 50.2 Å². The fraction of sp³-hybridized carbons (Fsp3) is 0.429. The minimum Gasteiger partial charge on any atom is -0.512 e. The van der Waals surface area contributed by atoms with Crippen molar-refractivity contribution in [3.8, 4) is 22.4 Å². The molecule has 1 heterocycles. The van der Waals surface area contributed by atoms with E-state index in [1.54, 1.807) is 0 Å². The summed E-state index contributed by atoms with van der Waals surface area (Å²) in [7, 11) is 0. The standard InChI is InChI=1S/C29H20F8N.C13H24O2.Ir/c1-25(2,3)22-14-19(12-18-6-4-5-7-20(18)22)24-15-17(10-11-38-24)16-8-9-21-23(13-16)27(32,33)29(36,37)28(34,35)26(21,30)31;1-5-10(6-2)12(14)9-13(15)11(7-3)8-4;/h4-11,13-15H,1-3H3;9-11,14H,5-8H2,1-4H3;/q-1;;/b;12-9-;. The molecule has 0 saturated carbocycles. The van der Waals surface area contributed by atoms with Gasteiger partial charge in [0, 0.05) is 61.0 Å². The van der Waals surface area contributed by atoms with Crippen LogP contribution >= 0.6 is 0 Å². The second-order valence-corrected chi connectivity index (χ2v) is 14.4. The summed E-state index contributed by atoms with van der Waals surface area (Å²) in [6.07, 6.45) is 6.25. The first-order valence-electron chi connectivity index (χ1n) is 17.6. The van der Waals surface area contributed by atoms with E-state index in [9.17, 15) is 45.0 Å². The summed E-state index contributed by atoms with van der Waals surface area (Å²) in [6, 6.07) is 17.3. The molecule has 1 N–H and O–H groups in total. The summed E-state index contributed by atoms with van der Waals surface area (Å²) in [4.78, 5) is 16.0. The third-order valence-corrected chi connectivity index (χ3v) is 9.91. The van der Waals surface area contributed by atoms with E-state index >= 15 is 0 Å². The van der Waals surface area contributed by atoms with E-state index in [0.717, 1.165) is 48.1 Å². The molecule has 0 amide bonds. The molecule has 54 heavy (non-hydrogen) atoms. The molecule has 12 heteroatoms. The second kappa shape index (κ2) is 16.6. The van der Waals surface area contributed by atoms with E-state index in [4.69, 9.17) is 0 Å². The third kappa shape index (κ3) is 8.15. The Hall–Kier alpha value is -3.63. The van der Waals surface area contributed by atoms with Gasteiger partial charge in [-0.05, 0) is 54.4 Å². The van der Waals surface area contributed by atoms with Crippen molar-refractivity contribution >= 4 is 16.6 Å². The van der Waals surface area contributed by atoms with Gasteiger partial charge in [0.15, 0.2) is 5.78 Å². The molecule has 1 aromatic heterocycles. The number of allylic oxidation sites excluding steroid dienone is 2. The van der Waals surface area contributed by atoms with Crippen LogP contribution in [0.25, 0.3) is 33.2 Å². The molecule has 1 aliphatic rings. The van der Waals surface area contributed by atoms with Crippen LogP contribution < -0.4 is 0 Å². The smallest absolute Gasteiger partial charge is 0.382 e. The molecule has 1 radical (unpaired) electrons. The average Bonchev–Trinajstić information content (AvgIpc) is 3.11. The number of aromatic nitrogens is 1. The molecule has 0 saturated heterocycles. The van der Waals surface area contributed by atoms with Crippen molar-refractivity contribution < 1.29 is 65.1 Å². The summed E-state index contributed by atoms with van der Waals surface area (Å²) in [5, 5.41) is 11.5. The molecule has 0 fully saturated rings. The van der Waals surface area contributed by atoms with Gasteiger partial charge in [0.1, 0.15) is 0 Å². The molecular formula is C42H44F8IrNO2-. The number of nitrogens with zero attached hydrogens (tertiary/aromatic N) is 1. The number of aliphatic hydroxyl groups is 1. The summed E-state index contributed by atoms with van der Waals surface area (Å²) in [6.45, 7) is 14.2. The molecule has 5 rings (SSSR count). The Morgan fingerprint density at radius 2 is 1.30 bits per heavy atom. The number of ketones is 1. The first-order valence-corrected chi connectivity index (χ1v) is 17.6. The van der Waals surface area contributed by atoms with Gasteiger partial charge in [-0.25, -0.2) is 0 Å². The van der Waals surface area contributed by atoms with Gasteiger partial charge >= 0.3 is 23.7 Å². The largest absolute Gasteiger partial charge is 0.512 e. The Labute approximate surface area is 324 Å². The molecule has 1 aliphatic carbocycles. The number of alkyl halides is 8. The van der Waals surface area contributed by atoms with Crippen molar-refractivity contribution in [1.29, 1.82) is 0 Å². The van der Waals surface area contributed by atoms with Gasteiger partial charge in [-0.3, -0.25) is 9.78 Å². The fourth-order valence-corrected chi connectivity index (χ4v) is 6.52. The van der Waals surface area contributed by atoms with Crippen molar-refractivity contribution in [3.05, 3.63) is 101 Å². The number of halogens is 8. The van der Waals surface area contributed by atoms with Crippen molar-refractivity contribution in [2.75, 3.05) is 0 Å². The predicted molar refractivity (Wildman–Crippen MR) is 192 cm³/mol. The molecule has 0 unspecified atom stereocenters. The molecule has 0 aliphatic heterocycles. The zero-order chi connectivity index (χ0) is 39.7. The molecule has 4 aromatic rings. The second-order valence-electron chi connectivity index (χ2n) is 14.4. The van der Waals surface area contributed by atoms with Crippen LogP contribution in [0.15, 0.2) is 78.7 Å². The number of carbonyl (C=O) groups excluding carboxylic acids is 1. The van der Waals surface area contributed by atoms with Crippen LogP contribution in [0.3, 0.4) is 0 Å². The number of hydrogen-bond donors (Lipinski definition) is 1. The molecule has 3 aromatic carbocycles. The van der Waals surface area contributed by atoms with Gasteiger partial charge in [0.25, 0.3) is 0 Å². The normalized spacial score (nSPS) is 17.0. The maximum absolute atomic E-state index is 14.6. The Morgan fingerprint density at radius 1 is 0.759 bits per heavy atom. The van der Waals surface area contributed by atoms with Crippen LogP contribution in [0.2, 0.25) is 0 Å². The predicted octanol–water partition coefficient (Wildman–Crippen LogP) is 13.0. The molecule has 0 bridgehead atoms. The van der Waals surface area contributed by atoms with Gasteiger partial charge in [-0.1, -0.05) is 95.8 Å². The first kappa shape index (κ1) is 44.8. The minimum atomic E-state index is -6.30. The number of rotatable bonds is 9. The van der Waals surface area contributed by atoms with Gasteiger partial charge < -0.3 is 5.11 Å². The zero-order valence-corrected chi connectivity index (χ0v) is 33.5. The van der Waals surface area contributed by atoms with E-state index in [1.165, 1.54) is 24.4 Å². The molecular weight excluding hydrogens is 895 g/mol. The van der Waals surface area contributed by atoms with E-state index in [0.29, 0.717) is 23.4 Å². The Kier molecular flexibility index (Phi) is 13.8. The SMILES string of the molecule is CC(C)(C)c1cc(-c2cc(-c3ccc4c(c3)C(F)(F)C(F)(F)C(F)(F)C4(F)F)ccn2)[c-]c2ccccc12.CCC(CC)C(=O)/C=C(\O)C(CC)CC.[Ir]. The van der Waals surface area contributed by atoms with E-state index in [1.807, 2.05) is 78.8 Å². The van der Waals surface area contributed by atoms with Crippen LogP contribution in [0.1, 0.15) is 90.8 Å². The van der Waals surface area contributed by atoms with Crippen molar-refractivity contribution in [2.45, 2.75) is 103 Å². The minimum absolute atomic E-state index is 0. The van der Waals surface area contributed by atoms with Gasteiger partial charge in [-0.15, -0.1) is 29.1 Å². The number of carbonyl (C=O) groups is 1. The molecule has 0 spiro atoms. The fourth-order valence-electron chi connectivity index (χ4n) is 6.52. The van der Waals surface area contributed by atoms with Crippen LogP contribution in [0, 0.1) is 17.9 Å². The average molecular weight is 939 g/mol. The van der Waals surface area contributed by atoms with Gasteiger partial charge in [0.2, 0.25) is 0 Å². The van der Waals surface area contributed by atoms with E-state index < -0.39 is 34.8 Å². The van der Waals surface area contributed by atoms with Crippen LogP contribution in [0.5, 0.6) is 0 Å². The summed E-state index contributed by atoms with van der Waals surface area (Å²) in [5.41, 5.74) is -1.97.